The number of H-pyrrole nitrogens is 1. The Hall–Kier alpha value is -1.73. The SMILES string of the molecule is Cc1nc(C2CCCCN2S(=O)(=O)c2ccccc2C)n[nH]1. The van der Waals surface area contributed by atoms with E-state index >= 15 is 0 Å². The molecule has 22 heavy (non-hydrogen) atoms. The van der Waals surface area contributed by atoms with Gasteiger partial charge in [0.15, 0.2) is 5.82 Å². The first-order valence-electron chi connectivity index (χ1n) is 7.46. The molecule has 3 rings (SSSR count). The Morgan fingerprint density at radius 3 is 2.68 bits per heavy atom. The summed E-state index contributed by atoms with van der Waals surface area (Å²) < 4.78 is 27.7. The lowest BCUT2D eigenvalue weighted by atomic mass is 10.0. The Balaban J connectivity index is 2.02. The molecule has 1 atom stereocenters. The molecule has 118 valence electrons. The van der Waals surface area contributed by atoms with Gasteiger partial charge in [-0.3, -0.25) is 5.10 Å². The van der Waals surface area contributed by atoms with Crippen molar-refractivity contribution < 1.29 is 8.42 Å². The van der Waals surface area contributed by atoms with Crippen molar-refractivity contribution in [3.8, 4) is 0 Å². The van der Waals surface area contributed by atoms with Crippen LogP contribution < -0.4 is 0 Å². The van der Waals surface area contributed by atoms with Crippen LogP contribution >= 0.6 is 0 Å². The summed E-state index contributed by atoms with van der Waals surface area (Å²) in [6.45, 7) is 4.15. The third kappa shape index (κ3) is 2.66. The number of benzene rings is 1. The quantitative estimate of drug-likeness (QED) is 0.941. The van der Waals surface area contributed by atoms with E-state index in [2.05, 4.69) is 15.2 Å². The van der Waals surface area contributed by atoms with E-state index in [1.165, 1.54) is 0 Å². The number of hydrogen-bond acceptors (Lipinski definition) is 4. The second-order valence-corrected chi connectivity index (χ2v) is 7.53. The Bertz CT molecular complexity index is 769. The van der Waals surface area contributed by atoms with Crippen molar-refractivity contribution in [3.05, 3.63) is 41.5 Å². The molecule has 2 heterocycles. The second kappa shape index (κ2) is 5.81. The molecule has 1 unspecified atom stereocenters. The average molecular weight is 320 g/mol. The molecule has 0 saturated carbocycles. The largest absolute Gasteiger partial charge is 0.263 e. The zero-order valence-electron chi connectivity index (χ0n) is 12.8. The fourth-order valence-electron chi connectivity index (χ4n) is 2.93. The smallest absolute Gasteiger partial charge is 0.244 e. The van der Waals surface area contributed by atoms with Crippen molar-refractivity contribution in [3.63, 3.8) is 0 Å². The number of aromatic amines is 1. The van der Waals surface area contributed by atoms with Gasteiger partial charge in [0.25, 0.3) is 0 Å². The van der Waals surface area contributed by atoms with Gasteiger partial charge in [-0.15, -0.1) is 0 Å². The van der Waals surface area contributed by atoms with Gasteiger partial charge in [-0.1, -0.05) is 24.6 Å². The predicted molar refractivity (Wildman–Crippen MR) is 82.8 cm³/mol. The van der Waals surface area contributed by atoms with Crippen molar-refractivity contribution in [2.45, 2.75) is 44.0 Å². The fourth-order valence-corrected chi connectivity index (χ4v) is 4.81. The maximum Gasteiger partial charge on any atom is 0.244 e. The first-order valence-corrected chi connectivity index (χ1v) is 8.90. The van der Waals surface area contributed by atoms with Crippen LogP contribution in [0.15, 0.2) is 29.2 Å². The Morgan fingerprint density at radius 1 is 1.23 bits per heavy atom. The predicted octanol–water partition coefficient (Wildman–Crippen LogP) is 2.34. The minimum absolute atomic E-state index is 0.289. The normalized spacial score (nSPS) is 20.2. The Kier molecular flexibility index (Phi) is 4.01. The van der Waals surface area contributed by atoms with Crippen LogP contribution in [0.1, 0.15) is 42.5 Å². The minimum Gasteiger partial charge on any atom is -0.263 e. The molecule has 0 spiro atoms. The molecule has 1 N–H and O–H groups in total. The van der Waals surface area contributed by atoms with Crippen LogP contribution in [0.3, 0.4) is 0 Å². The summed E-state index contributed by atoms with van der Waals surface area (Å²) in [5, 5.41) is 6.98. The second-order valence-electron chi connectivity index (χ2n) is 5.67. The number of aryl methyl sites for hydroxylation is 2. The molecule has 0 amide bonds. The van der Waals surface area contributed by atoms with E-state index in [0.717, 1.165) is 24.8 Å². The monoisotopic (exact) mass is 320 g/mol. The van der Waals surface area contributed by atoms with E-state index < -0.39 is 10.0 Å². The van der Waals surface area contributed by atoms with E-state index in [9.17, 15) is 8.42 Å². The third-order valence-corrected chi connectivity index (χ3v) is 6.11. The third-order valence-electron chi connectivity index (χ3n) is 4.05. The molecule has 1 saturated heterocycles. The topological polar surface area (TPSA) is 79.0 Å². The summed E-state index contributed by atoms with van der Waals surface area (Å²) in [7, 11) is -3.54. The molecule has 0 aliphatic carbocycles. The number of hydrogen-bond donors (Lipinski definition) is 1. The van der Waals surface area contributed by atoms with Gasteiger partial charge in [0.05, 0.1) is 10.9 Å². The molecular formula is C15H20N4O2S. The van der Waals surface area contributed by atoms with Gasteiger partial charge in [0.1, 0.15) is 5.82 Å². The molecule has 7 heteroatoms. The molecule has 1 aromatic heterocycles. The fraction of sp³-hybridized carbons (Fsp3) is 0.467. The van der Waals surface area contributed by atoms with Crippen LogP contribution in [-0.4, -0.2) is 34.4 Å². The van der Waals surface area contributed by atoms with Gasteiger partial charge in [0, 0.05) is 6.54 Å². The number of sulfonamides is 1. The Labute approximate surface area is 130 Å². The van der Waals surface area contributed by atoms with Gasteiger partial charge in [0.2, 0.25) is 10.0 Å². The van der Waals surface area contributed by atoms with Crippen LogP contribution in [0.2, 0.25) is 0 Å². The van der Waals surface area contributed by atoms with E-state index in [1.807, 2.05) is 26.0 Å². The number of aromatic nitrogens is 3. The van der Waals surface area contributed by atoms with Crippen molar-refractivity contribution in [1.82, 2.24) is 19.5 Å². The number of rotatable bonds is 3. The van der Waals surface area contributed by atoms with Gasteiger partial charge < -0.3 is 0 Å². The minimum atomic E-state index is -3.54. The molecule has 2 aromatic rings. The molecule has 1 aliphatic heterocycles. The highest BCUT2D eigenvalue weighted by Crippen LogP contribution is 2.34. The average Bonchev–Trinajstić information content (AvgIpc) is 2.94. The Morgan fingerprint density at radius 2 is 2.00 bits per heavy atom. The maximum absolute atomic E-state index is 13.1. The van der Waals surface area contributed by atoms with Gasteiger partial charge >= 0.3 is 0 Å². The molecule has 6 nitrogen and oxygen atoms in total. The van der Waals surface area contributed by atoms with Crippen LogP contribution in [0.5, 0.6) is 0 Å². The maximum atomic E-state index is 13.1. The summed E-state index contributed by atoms with van der Waals surface area (Å²) >= 11 is 0. The molecule has 1 aromatic carbocycles. The summed E-state index contributed by atoms with van der Waals surface area (Å²) in [4.78, 5) is 4.71. The van der Waals surface area contributed by atoms with Crippen molar-refractivity contribution in [2.75, 3.05) is 6.54 Å². The number of piperidine rings is 1. The van der Waals surface area contributed by atoms with Gasteiger partial charge in [-0.05, 0) is 38.3 Å². The first-order chi connectivity index (χ1) is 10.5. The lowest BCUT2D eigenvalue weighted by Crippen LogP contribution is -2.39. The van der Waals surface area contributed by atoms with Gasteiger partial charge in [-0.2, -0.15) is 9.40 Å². The summed E-state index contributed by atoms with van der Waals surface area (Å²) in [6, 6.07) is 6.81. The van der Waals surface area contributed by atoms with Crippen molar-refractivity contribution >= 4 is 10.0 Å². The van der Waals surface area contributed by atoms with Gasteiger partial charge in [-0.25, -0.2) is 13.4 Å². The lowest BCUT2D eigenvalue weighted by molar-refractivity contribution is 0.247. The first kappa shape index (κ1) is 15.2. The molecule has 1 aliphatic rings. The highest BCUT2D eigenvalue weighted by atomic mass is 32.2. The standard InChI is InChI=1S/C15H20N4O2S/c1-11-7-3-4-9-14(11)22(20,21)19-10-6-5-8-13(19)15-16-12(2)17-18-15/h3-4,7,9,13H,5-6,8,10H2,1-2H3,(H,16,17,18). The molecule has 1 fully saturated rings. The lowest BCUT2D eigenvalue weighted by Gasteiger charge is -2.33. The zero-order chi connectivity index (χ0) is 15.7. The molecule has 0 radical (unpaired) electrons. The summed E-state index contributed by atoms with van der Waals surface area (Å²) in [6.07, 6.45) is 2.60. The molecule has 0 bridgehead atoms. The summed E-state index contributed by atoms with van der Waals surface area (Å²) in [5.74, 6) is 1.27. The van der Waals surface area contributed by atoms with E-state index in [0.29, 0.717) is 23.1 Å². The van der Waals surface area contributed by atoms with E-state index in [1.54, 1.807) is 16.4 Å². The zero-order valence-corrected chi connectivity index (χ0v) is 13.6. The summed E-state index contributed by atoms with van der Waals surface area (Å²) in [5.41, 5.74) is 0.762. The van der Waals surface area contributed by atoms with E-state index in [-0.39, 0.29) is 6.04 Å². The van der Waals surface area contributed by atoms with Crippen LogP contribution in [0.25, 0.3) is 0 Å². The van der Waals surface area contributed by atoms with E-state index in [4.69, 9.17) is 0 Å². The van der Waals surface area contributed by atoms with Crippen molar-refractivity contribution in [1.29, 1.82) is 0 Å². The highest BCUT2D eigenvalue weighted by molar-refractivity contribution is 7.89. The van der Waals surface area contributed by atoms with Crippen LogP contribution in [-0.2, 0) is 10.0 Å². The molecular weight excluding hydrogens is 300 g/mol. The van der Waals surface area contributed by atoms with Crippen LogP contribution in [0, 0.1) is 13.8 Å². The van der Waals surface area contributed by atoms with Crippen molar-refractivity contribution in [2.24, 2.45) is 0 Å². The highest BCUT2D eigenvalue weighted by Gasteiger charge is 2.36. The van der Waals surface area contributed by atoms with Crippen LogP contribution in [0.4, 0.5) is 0 Å². The number of nitrogens with zero attached hydrogens (tertiary/aromatic N) is 3. The number of nitrogens with one attached hydrogen (secondary N) is 1.